The van der Waals surface area contributed by atoms with Crippen LogP contribution in [0.3, 0.4) is 0 Å². The number of hydrogen-bond acceptors (Lipinski definition) is 4. The Labute approximate surface area is 113 Å². The molecule has 0 atom stereocenters. The van der Waals surface area contributed by atoms with E-state index < -0.39 is 5.97 Å². The number of anilines is 1. The van der Waals surface area contributed by atoms with E-state index in [1.165, 1.54) is 0 Å². The standard InChI is InChI=1S/C14H20N2O3/c1-10(2)8-16-13(17)9-19-14(18)7-11-3-5-12(15)6-4-11/h3-6,10H,7-9,15H2,1-2H3,(H,16,17). The molecule has 0 saturated heterocycles. The summed E-state index contributed by atoms with van der Waals surface area (Å²) in [6, 6.07) is 6.96. The van der Waals surface area contributed by atoms with Crippen LogP contribution in [0, 0.1) is 5.92 Å². The SMILES string of the molecule is CC(C)CNC(=O)COC(=O)Cc1ccc(N)cc1. The molecular formula is C14H20N2O3. The van der Waals surface area contributed by atoms with E-state index in [0.717, 1.165) is 5.56 Å². The van der Waals surface area contributed by atoms with Crippen molar-refractivity contribution in [3.8, 4) is 0 Å². The van der Waals surface area contributed by atoms with Crippen LogP contribution in [0.25, 0.3) is 0 Å². The predicted molar refractivity (Wildman–Crippen MR) is 73.4 cm³/mol. The molecule has 1 aromatic rings. The maximum Gasteiger partial charge on any atom is 0.310 e. The van der Waals surface area contributed by atoms with E-state index in [2.05, 4.69) is 5.32 Å². The highest BCUT2D eigenvalue weighted by Crippen LogP contribution is 2.06. The Balaban J connectivity index is 2.28. The zero-order chi connectivity index (χ0) is 14.3. The summed E-state index contributed by atoms with van der Waals surface area (Å²) in [6.07, 6.45) is 0.137. The number of ether oxygens (including phenoxy) is 1. The van der Waals surface area contributed by atoms with Gasteiger partial charge in [0.2, 0.25) is 0 Å². The van der Waals surface area contributed by atoms with Crippen LogP contribution >= 0.6 is 0 Å². The first-order chi connectivity index (χ1) is 8.97. The Morgan fingerprint density at radius 2 is 1.89 bits per heavy atom. The third-order valence-electron chi connectivity index (χ3n) is 2.40. The van der Waals surface area contributed by atoms with Crippen LogP contribution in [0.4, 0.5) is 5.69 Å². The number of hydrogen-bond donors (Lipinski definition) is 2. The second-order valence-corrected chi connectivity index (χ2v) is 4.78. The molecule has 104 valence electrons. The average molecular weight is 264 g/mol. The van der Waals surface area contributed by atoms with Crippen molar-refractivity contribution in [2.45, 2.75) is 20.3 Å². The number of nitrogen functional groups attached to an aromatic ring is 1. The molecule has 0 unspecified atom stereocenters. The van der Waals surface area contributed by atoms with Crippen LogP contribution in [0.15, 0.2) is 24.3 Å². The number of amides is 1. The van der Waals surface area contributed by atoms with Crippen molar-refractivity contribution in [1.29, 1.82) is 0 Å². The molecule has 3 N–H and O–H groups in total. The van der Waals surface area contributed by atoms with Crippen molar-refractivity contribution in [2.24, 2.45) is 5.92 Å². The fourth-order valence-electron chi connectivity index (χ4n) is 1.37. The Morgan fingerprint density at radius 1 is 1.26 bits per heavy atom. The van der Waals surface area contributed by atoms with E-state index in [1.807, 2.05) is 13.8 Å². The molecule has 0 saturated carbocycles. The van der Waals surface area contributed by atoms with Gasteiger partial charge < -0.3 is 15.8 Å². The van der Waals surface area contributed by atoms with Crippen LogP contribution in [-0.4, -0.2) is 25.0 Å². The van der Waals surface area contributed by atoms with Crippen LogP contribution < -0.4 is 11.1 Å². The summed E-state index contributed by atoms with van der Waals surface area (Å²) >= 11 is 0. The summed E-state index contributed by atoms with van der Waals surface area (Å²) in [4.78, 5) is 22.9. The number of benzene rings is 1. The smallest absolute Gasteiger partial charge is 0.310 e. The Bertz CT molecular complexity index is 427. The average Bonchev–Trinajstić information content (AvgIpc) is 2.36. The van der Waals surface area contributed by atoms with Crippen LogP contribution in [0.1, 0.15) is 19.4 Å². The highest BCUT2D eigenvalue weighted by Gasteiger charge is 2.08. The normalized spacial score (nSPS) is 10.3. The van der Waals surface area contributed by atoms with Crippen LogP contribution in [-0.2, 0) is 20.7 Å². The molecule has 1 rings (SSSR count). The van der Waals surface area contributed by atoms with Gasteiger partial charge in [-0.25, -0.2) is 0 Å². The van der Waals surface area contributed by atoms with E-state index in [9.17, 15) is 9.59 Å². The molecule has 0 fully saturated rings. The van der Waals surface area contributed by atoms with Gasteiger partial charge in [-0.05, 0) is 23.6 Å². The molecule has 0 aromatic heterocycles. The summed E-state index contributed by atoms with van der Waals surface area (Å²) in [6.45, 7) is 4.33. The molecule has 0 aliphatic carbocycles. The number of rotatable bonds is 6. The Kier molecular flexibility index (Phi) is 5.85. The van der Waals surface area contributed by atoms with Gasteiger partial charge in [0.25, 0.3) is 5.91 Å². The van der Waals surface area contributed by atoms with Crippen LogP contribution in [0.2, 0.25) is 0 Å². The van der Waals surface area contributed by atoms with Crippen molar-refractivity contribution >= 4 is 17.6 Å². The lowest BCUT2D eigenvalue weighted by atomic mass is 10.1. The van der Waals surface area contributed by atoms with Crippen molar-refractivity contribution in [3.63, 3.8) is 0 Å². The largest absolute Gasteiger partial charge is 0.455 e. The second kappa shape index (κ2) is 7.41. The lowest BCUT2D eigenvalue weighted by molar-refractivity contribution is -0.147. The van der Waals surface area contributed by atoms with Crippen molar-refractivity contribution in [3.05, 3.63) is 29.8 Å². The fourth-order valence-corrected chi connectivity index (χ4v) is 1.37. The third kappa shape index (κ3) is 6.45. The number of nitrogens with one attached hydrogen (secondary N) is 1. The van der Waals surface area contributed by atoms with E-state index >= 15 is 0 Å². The second-order valence-electron chi connectivity index (χ2n) is 4.78. The van der Waals surface area contributed by atoms with Gasteiger partial charge in [-0.2, -0.15) is 0 Å². The van der Waals surface area contributed by atoms with Gasteiger partial charge >= 0.3 is 5.97 Å². The maximum atomic E-state index is 11.5. The summed E-state index contributed by atoms with van der Waals surface area (Å²) in [5, 5.41) is 2.68. The first kappa shape index (κ1) is 15.0. The van der Waals surface area contributed by atoms with E-state index in [-0.39, 0.29) is 18.9 Å². The molecule has 0 spiro atoms. The summed E-state index contributed by atoms with van der Waals surface area (Å²) in [5.41, 5.74) is 7.00. The predicted octanol–water partition coefficient (Wildman–Crippen LogP) is 1.13. The number of carbonyl (C=O) groups is 2. The molecule has 0 aliphatic heterocycles. The van der Waals surface area contributed by atoms with Gasteiger partial charge in [0.15, 0.2) is 6.61 Å². The monoisotopic (exact) mass is 264 g/mol. The first-order valence-electron chi connectivity index (χ1n) is 6.24. The minimum Gasteiger partial charge on any atom is -0.455 e. The minimum atomic E-state index is -0.426. The van der Waals surface area contributed by atoms with Gasteiger partial charge in [-0.15, -0.1) is 0 Å². The number of nitrogens with two attached hydrogens (primary N) is 1. The molecule has 1 aromatic carbocycles. The van der Waals surface area contributed by atoms with Gasteiger partial charge in [0.1, 0.15) is 0 Å². The summed E-state index contributed by atoms with van der Waals surface area (Å²) < 4.78 is 4.89. The van der Waals surface area contributed by atoms with Crippen molar-refractivity contribution in [2.75, 3.05) is 18.9 Å². The van der Waals surface area contributed by atoms with E-state index in [1.54, 1.807) is 24.3 Å². The molecule has 0 bridgehead atoms. The van der Waals surface area contributed by atoms with Gasteiger partial charge in [-0.3, -0.25) is 9.59 Å². The molecule has 0 radical (unpaired) electrons. The number of esters is 1. The first-order valence-corrected chi connectivity index (χ1v) is 6.24. The molecule has 1 amide bonds. The lowest BCUT2D eigenvalue weighted by Crippen LogP contribution is -2.31. The zero-order valence-electron chi connectivity index (χ0n) is 11.3. The number of carbonyl (C=O) groups excluding carboxylic acids is 2. The van der Waals surface area contributed by atoms with Gasteiger partial charge in [0.05, 0.1) is 6.42 Å². The highest BCUT2D eigenvalue weighted by atomic mass is 16.5. The van der Waals surface area contributed by atoms with Crippen molar-refractivity contribution < 1.29 is 14.3 Å². The third-order valence-corrected chi connectivity index (χ3v) is 2.40. The van der Waals surface area contributed by atoms with Crippen molar-refractivity contribution in [1.82, 2.24) is 5.32 Å². The van der Waals surface area contributed by atoms with Gasteiger partial charge in [-0.1, -0.05) is 26.0 Å². The van der Waals surface area contributed by atoms with E-state index in [4.69, 9.17) is 10.5 Å². The topological polar surface area (TPSA) is 81.4 Å². The summed E-state index contributed by atoms with van der Waals surface area (Å²) in [7, 11) is 0. The van der Waals surface area contributed by atoms with E-state index in [0.29, 0.717) is 18.2 Å². The quantitative estimate of drug-likeness (QED) is 0.596. The maximum absolute atomic E-state index is 11.5. The molecular weight excluding hydrogens is 244 g/mol. The van der Waals surface area contributed by atoms with Crippen LogP contribution in [0.5, 0.6) is 0 Å². The molecule has 5 nitrogen and oxygen atoms in total. The fraction of sp³-hybridized carbons (Fsp3) is 0.429. The minimum absolute atomic E-state index is 0.137. The summed E-state index contributed by atoms with van der Waals surface area (Å²) in [5.74, 6) is -0.335. The molecule has 0 aliphatic rings. The Hall–Kier alpha value is -2.04. The lowest BCUT2D eigenvalue weighted by Gasteiger charge is -2.08. The van der Waals surface area contributed by atoms with Gasteiger partial charge in [0, 0.05) is 12.2 Å². The molecule has 5 heteroatoms. The highest BCUT2D eigenvalue weighted by molar-refractivity contribution is 5.81. The zero-order valence-corrected chi connectivity index (χ0v) is 11.3. The molecule has 0 heterocycles. The molecule has 19 heavy (non-hydrogen) atoms. The Morgan fingerprint density at radius 3 is 2.47 bits per heavy atom.